The van der Waals surface area contributed by atoms with E-state index in [0.717, 1.165) is 11.5 Å². The van der Waals surface area contributed by atoms with Gasteiger partial charge >= 0.3 is 0 Å². The lowest BCUT2D eigenvalue weighted by Gasteiger charge is -2.04. The predicted octanol–water partition coefficient (Wildman–Crippen LogP) is 1.52. The average Bonchev–Trinajstić information content (AvgIpc) is 2.98. The van der Waals surface area contributed by atoms with E-state index < -0.39 is 0 Å². The van der Waals surface area contributed by atoms with Crippen molar-refractivity contribution in [3.05, 3.63) is 37.1 Å². The molecular formula is C13H19N5O. The highest BCUT2D eigenvalue weighted by molar-refractivity contribution is 5.76. The second-order valence-electron chi connectivity index (χ2n) is 3.84. The van der Waals surface area contributed by atoms with Crippen molar-refractivity contribution in [1.82, 2.24) is 24.8 Å². The molecule has 0 radical (unpaired) electrons. The second-order valence-corrected chi connectivity index (χ2v) is 3.84. The number of nitrogens with zero attached hydrogens (tertiary/aromatic N) is 3. The maximum Gasteiger partial charge on any atom is 0.239 e. The van der Waals surface area contributed by atoms with Gasteiger partial charge in [0.15, 0.2) is 5.82 Å². The van der Waals surface area contributed by atoms with Crippen LogP contribution in [0.15, 0.2) is 31.2 Å². The minimum absolute atomic E-state index is 0.0597. The highest BCUT2D eigenvalue weighted by atomic mass is 16.1. The Morgan fingerprint density at radius 3 is 2.79 bits per heavy atom. The number of rotatable bonds is 3. The molecule has 19 heavy (non-hydrogen) atoms. The van der Waals surface area contributed by atoms with E-state index in [9.17, 15) is 4.79 Å². The topological polar surface area (TPSA) is 75.6 Å². The third-order valence-electron chi connectivity index (χ3n) is 2.25. The fourth-order valence-corrected chi connectivity index (χ4v) is 1.45. The van der Waals surface area contributed by atoms with E-state index in [-0.39, 0.29) is 12.5 Å². The van der Waals surface area contributed by atoms with Gasteiger partial charge in [-0.2, -0.15) is 0 Å². The van der Waals surface area contributed by atoms with Crippen LogP contribution in [0.5, 0.6) is 0 Å². The van der Waals surface area contributed by atoms with E-state index in [0.29, 0.717) is 5.82 Å². The van der Waals surface area contributed by atoms with Crippen molar-refractivity contribution in [1.29, 1.82) is 0 Å². The Kier molecular flexibility index (Phi) is 5.53. The van der Waals surface area contributed by atoms with Gasteiger partial charge in [0.05, 0.1) is 6.20 Å². The number of aromatic nitrogens is 4. The van der Waals surface area contributed by atoms with Gasteiger partial charge in [-0.15, -0.1) is 6.58 Å². The van der Waals surface area contributed by atoms with E-state index >= 15 is 0 Å². The molecule has 1 amide bonds. The Labute approximate surface area is 112 Å². The molecule has 102 valence electrons. The summed E-state index contributed by atoms with van der Waals surface area (Å²) >= 11 is 0. The first-order valence-electron chi connectivity index (χ1n) is 5.93. The molecule has 0 bridgehead atoms. The first-order valence-corrected chi connectivity index (χ1v) is 5.93. The van der Waals surface area contributed by atoms with Crippen LogP contribution in [-0.2, 0) is 11.3 Å². The van der Waals surface area contributed by atoms with E-state index in [1.807, 2.05) is 13.8 Å². The highest BCUT2D eigenvalue weighted by Gasteiger charge is 2.10. The largest absolute Gasteiger partial charge is 0.358 e. The Balaban J connectivity index is 0.000000550. The Morgan fingerprint density at radius 2 is 2.26 bits per heavy atom. The van der Waals surface area contributed by atoms with E-state index in [1.54, 1.807) is 36.3 Å². The van der Waals surface area contributed by atoms with Gasteiger partial charge in [0, 0.05) is 19.4 Å². The number of likely N-dealkylation sites (N-methyl/N-ethyl adjacent to an activating group) is 1. The van der Waals surface area contributed by atoms with Crippen molar-refractivity contribution in [2.45, 2.75) is 20.4 Å². The zero-order chi connectivity index (χ0) is 14.3. The molecule has 2 aromatic rings. The van der Waals surface area contributed by atoms with Crippen LogP contribution in [-0.4, -0.2) is 32.5 Å². The maximum atomic E-state index is 11.3. The molecular weight excluding hydrogens is 242 g/mol. The summed E-state index contributed by atoms with van der Waals surface area (Å²) in [4.78, 5) is 22.7. The number of aromatic amines is 1. The fraction of sp³-hybridized carbons (Fsp3) is 0.308. The molecule has 6 nitrogen and oxygen atoms in total. The van der Waals surface area contributed by atoms with Crippen LogP contribution < -0.4 is 5.32 Å². The van der Waals surface area contributed by atoms with Crippen LogP contribution in [0.4, 0.5) is 0 Å². The first kappa shape index (κ1) is 14.7. The van der Waals surface area contributed by atoms with E-state index in [1.165, 1.54) is 0 Å². The van der Waals surface area contributed by atoms with Crippen molar-refractivity contribution in [2.24, 2.45) is 0 Å². The molecule has 0 aliphatic rings. The predicted molar refractivity (Wildman–Crippen MR) is 74.5 cm³/mol. The number of aryl methyl sites for hydroxylation is 1. The molecule has 0 atom stereocenters. The van der Waals surface area contributed by atoms with Gasteiger partial charge in [-0.3, -0.25) is 4.79 Å². The van der Waals surface area contributed by atoms with E-state index in [2.05, 4.69) is 26.8 Å². The summed E-state index contributed by atoms with van der Waals surface area (Å²) in [5.74, 6) is 1.48. The van der Waals surface area contributed by atoms with Gasteiger partial charge < -0.3 is 14.9 Å². The summed E-state index contributed by atoms with van der Waals surface area (Å²) in [5.41, 5.74) is 0.811. The molecule has 0 aliphatic carbocycles. The molecule has 0 unspecified atom stereocenters. The molecule has 0 saturated carbocycles. The number of imidazole rings is 2. The number of allylic oxidation sites excluding steroid dienone is 1. The summed E-state index contributed by atoms with van der Waals surface area (Å²) in [6.07, 6.45) is 6.88. The quantitative estimate of drug-likeness (QED) is 0.822. The Hall–Kier alpha value is -2.37. The van der Waals surface area contributed by atoms with Gasteiger partial charge in [0.1, 0.15) is 18.1 Å². The minimum atomic E-state index is -0.0597. The molecule has 0 spiro atoms. The highest BCUT2D eigenvalue weighted by Crippen LogP contribution is 2.14. The number of carbonyl (C=O) groups is 1. The number of carbonyl (C=O) groups excluding carboxylic acids is 1. The summed E-state index contributed by atoms with van der Waals surface area (Å²) < 4.78 is 1.77. The summed E-state index contributed by atoms with van der Waals surface area (Å²) in [7, 11) is 1.61. The molecule has 2 heterocycles. The number of amides is 1. The molecule has 0 aliphatic heterocycles. The van der Waals surface area contributed by atoms with Crippen molar-refractivity contribution in [3.63, 3.8) is 0 Å². The van der Waals surface area contributed by atoms with E-state index in [4.69, 9.17) is 0 Å². The fourth-order valence-electron chi connectivity index (χ4n) is 1.45. The number of hydrogen-bond donors (Lipinski definition) is 2. The van der Waals surface area contributed by atoms with Crippen molar-refractivity contribution in [2.75, 3.05) is 7.05 Å². The van der Waals surface area contributed by atoms with Crippen molar-refractivity contribution < 1.29 is 4.79 Å². The van der Waals surface area contributed by atoms with Gasteiger partial charge in [-0.1, -0.05) is 6.08 Å². The van der Waals surface area contributed by atoms with Crippen molar-refractivity contribution in [3.8, 4) is 11.5 Å². The summed E-state index contributed by atoms with van der Waals surface area (Å²) in [6.45, 7) is 7.37. The van der Waals surface area contributed by atoms with Crippen LogP contribution >= 0.6 is 0 Å². The molecule has 6 heteroatoms. The number of nitrogens with one attached hydrogen (secondary N) is 2. The zero-order valence-corrected chi connectivity index (χ0v) is 11.5. The lowest BCUT2D eigenvalue weighted by atomic mass is 10.4. The van der Waals surface area contributed by atoms with Gasteiger partial charge in [-0.05, 0) is 13.8 Å². The summed E-state index contributed by atoms with van der Waals surface area (Å²) in [5, 5.41) is 2.57. The molecule has 2 N–H and O–H groups in total. The third-order valence-corrected chi connectivity index (χ3v) is 2.25. The summed E-state index contributed by atoms with van der Waals surface area (Å²) in [6, 6.07) is 0. The lowest BCUT2D eigenvalue weighted by molar-refractivity contribution is -0.121. The van der Waals surface area contributed by atoms with Crippen LogP contribution in [0.25, 0.3) is 11.5 Å². The van der Waals surface area contributed by atoms with Crippen LogP contribution in [0.2, 0.25) is 0 Å². The lowest BCUT2D eigenvalue weighted by Crippen LogP contribution is -2.23. The van der Waals surface area contributed by atoms with Gasteiger partial charge in [0.25, 0.3) is 0 Å². The first-order chi connectivity index (χ1) is 9.12. The Bertz CT molecular complexity index is 541. The molecule has 2 rings (SSSR count). The van der Waals surface area contributed by atoms with Crippen LogP contribution in [0.3, 0.4) is 0 Å². The molecule has 0 saturated heterocycles. The second kappa shape index (κ2) is 7.15. The van der Waals surface area contributed by atoms with Crippen molar-refractivity contribution >= 4 is 5.91 Å². The molecule has 2 aromatic heterocycles. The standard InChI is InChI=1S/C10H13N5O.C3H6/c1-7-13-5-8(14-7)10-12-3-4-15(10)6-9(16)11-2;1-3-2/h3-5H,6H2,1-2H3,(H,11,16)(H,13,14);3H,1H2,2H3. The SMILES string of the molecule is C=CC.CNC(=O)Cn1ccnc1-c1cnc(C)[nH]1. The maximum absolute atomic E-state index is 11.3. The average molecular weight is 261 g/mol. The van der Waals surface area contributed by atoms with Crippen LogP contribution in [0.1, 0.15) is 12.7 Å². The molecule has 0 aromatic carbocycles. The minimum Gasteiger partial charge on any atom is -0.358 e. The Morgan fingerprint density at radius 1 is 1.58 bits per heavy atom. The number of H-pyrrole nitrogens is 1. The van der Waals surface area contributed by atoms with Gasteiger partial charge in [-0.25, -0.2) is 9.97 Å². The van der Waals surface area contributed by atoms with Crippen LogP contribution in [0, 0.1) is 6.92 Å². The molecule has 0 fully saturated rings. The number of hydrogen-bond acceptors (Lipinski definition) is 3. The normalized spacial score (nSPS) is 9.42. The smallest absolute Gasteiger partial charge is 0.239 e. The monoisotopic (exact) mass is 261 g/mol. The third kappa shape index (κ3) is 4.09. The van der Waals surface area contributed by atoms with Gasteiger partial charge in [0.2, 0.25) is 5.91 Å². The zero-order valence-electron chi connectivity index (χ0n) is 11.5.